The van der Waals surface area contributed by atoms with Gasteiger partial charge in [-0.05, 0) is 6.42 Å². The largest absolute Gasteiger partial charge is 0.390 e. The van der Waals surface area contributed by atoms with Crippen LogP contribution in [0.4, 0.5) is 13.2 Å². The van der Waals surface area contributed by atoms with Gasteiger partial charge in [0, 0.05) is 19.7 Å². The highest BCUT2D eigenvalue weighted by molar-refractivity contribution is 4.60. The molecule has 0 aromatic carbocycles. The van der Waals surface area contributed by atoms with E-state index in [1.165, 1.54) is 0 Å². The van der Waals surface area contributed by atoms with Crippen molar-refractivity contribution in [2.75, 3.05) is 39.5 Å². The molecule has 2 N–H and O–H groups in total. The van der Waals surface area contributed by atoms with Crippen LogP contribution in [0.25, 0.3) is 0 Å². The second kappa shape index (κ2) is 11.5. The van der Waals surface area contributed by atoms with Gasteiger partial charge < -0.3 is 19.9 Å². The smallest absolute Gasteiger partial charge is 0.389 e. The van der Waals surface area contributed by atoms with Crippen molar-refractivity contribution in [3.8, 4) is 0 Å². The topological polar surface area (TPSA) is 50.7 Å². The van der Waals surface area contributed by atoms with E-state index >= 15 is 0 Å². The third kappa shape index (κ3) is 15.6. The summed E-state index contributed by atoms with van der Waals surface area (Å²) in [5, 5.41) is 11.9. The Morgan fingerprint density at radius 2 is 1.84 bits per heavy atom. The summed E-state index contributed by atoms with van der Waals surface area (Å²) in [7, 11) is 0. The van der Waals surface area contributed by atoms with Crippen molar-refractivity contribution in [3.63, 3.8) is 0 Å². The Morgan fingerprint density at radius 3 is 2.47 bits per heavy atom. The van der Waals surface area contributed by atoms with Gasteiger partial charge in [-0.3, -0.25) is 0 Å². The van der Waals surface area contributed by atoms with E-state index in [1.807, 2.05) is 0 Å². The van der Waals surface area contributed by atoms with E-state index in [2.05, 4.69) is 12.2 Å². The van der Waals surface area contributed by atoms with Crippen LogP contribution in [0, 0.1) is 0 Å². The Kier molecular flexibility index (Phi) is 11.2. The molecule has 0 rings (SSSR count). The minimum Gasteiger partial charge on any atom is -0.389 e. The van der Waals surface area contributed by atoms with Gasteiger partial charge in [0.2, 0.25) is 0 Å². The van der Waals surface area contributed by atoms with Gasteiger partial charge in [0.15, 0.2) is 0 Å². The van der Waals surface area contributed by atoms with E-state index in [0.29, 0.717) is 19.8 Å². The molecule has 0 bridgehead atoms. The third-order valence-electron chi connectivity index (χ3n) is 2.29. The van der Waals surface area contributed by atoms with E-state index in [0.717, 1.165) is 12.8 Å². The molecule has 0 aromatic heterocycles. The third-order valence-corrected chi connectivity index (χ3v) is 2.29. The lowest BCUT2D eigenvalue weighted by Crippen LogP contribution is -2.32. The molecule has 0 spiro atoms. The summed E-state index contributed by atoms with van der Waals surface area (Å²) < 4.78 is 45.8. The van der Waals surface area contributed by atoms with E-state index in [4.69, 9.17) is 9.47 Å². The Labute approximate surface area is 112 Å². The van der Waals surface area contributed by atoms with Crippen LogP contribution < -0.4 is 5.32 Å². The van der Waals surface area contributed by atoms with Crippen LogP contribution in [-0.4, -0.2) is 56.9 Å². The molecule has 0 aliphatic carbocycles. The zero-order valence-electron chi connectivity index (χ0n) is 11.3. The van der Waals surface area contributed by atoms with Crippen LogP contribution >= 0.6 is 0 Å². The second-order valence-electron chi connectivity index (χ2n) is 4.26. The van der Waals surface area contributed by atoms with Gasteiger partial charge in [-0.2, -0.15) is 13.2 Å². The first kappa shape index (κ1) is 18.6. The summed E-state index contributed by atoms with van der Waals surface area (Å²) in [6, 6.07) is 0. The summed E-state index contributed by atoms with van der Waals surface area (Å²) in [6.45, 7) is 3.60. The van der Waals surface area contributed by atoms with Crippen LogP contribution in [0.2, 0.25) is 0 Å². The predicted molar refractivity (Wildman–Crippen MR) is 66.1 cm³/mol. The van der Waals surface area contributed by atoms with E-state index in [9.17, 15) is 18.3 Å². The molecule has 4 nitrogen and oxygen atoms in total. The van der Waals surface area contributed by atoms with Crippen molar-refractivity contribution in [1.82, 2.24) is 5.32 Å². The minimum atomic E-state index is -4.16. The average Bonchev–Trinajstić information content (AvgIpc) is 2.32. The number of unbranched alkanes of at least 4 members (excludes halogenated alkanes) is 1. The first-order valence-corrected chi connectivity index (χ1v) is 6.56. The number of aliphatic hydroxyl groups is 1. The molecule has 0 saturated carbocycles. The fourth-order valence-electron chi connectivity index (χ4n) is 1.24. The molecule has 1 atom stereocenters. The minimum absolute atomic E-state index is 0.0901. The van der Waals surface area contributed by atoms with Crippen molar-refractivity contribution in [3.05, 3.63) is 0 Å². The van der Waals surface area contributed by atoms with Crippen LogP contribution in [0.15, 0.2) is 0 Å². The molecule has 1 unspecified atom stereocenters. The summed E-state index contributed by atoms with van der Waals surface area (Å²) in [6.07, 6.45) is -3.78. The number of rotatable bonds is 12. The van der Waals surface area contributed by atoms with Crippen molar-refractivity contribution in [1.29, 1.82) is 0 Å². The first-order valence-electron chi connectivity index (χ1n) is 6.56. The highest BCUT2D eigenvalue weighted by Gasteiger charge is 2.25. The second-order valence-corrected chi connectivity index (χ2v) is 4.26. The Hall–Kier alpha value is -0.370. The maximum Gasteiger partial charge on any atom is 0.390 e. The zero-order valence-corrected chi connectivity index (χ0v) is 11.3. The van der Waals surface area contributed by atoms with Crippen molar-refractivity contribution in [2.24, 2.45) is 0 Å². The molecule has 0 radical (unpaired) electrons. The lowest BCUT2D eigenvalue weighted by Gasteiger charge is -2.13. The lowest BCUT2D eigenvalue weighted by molar-refractivity contribution is -0.133. The van der Waals surface area contributed by atoms with Gasteiger partial charge >= 0.3 is 6.18 Å². The monoisotopic (exact) mass is 287 g/mol. The van der Waals surface area contributed by atoms with Crippen molar-refractivity contribution < 1.29 is 27.8 Å². The molecule has 19 heavy (non-hydrogen) atoms. The van der Waals surface area contributed by atoms with Crippen LogP contribution in [0.3, 0.4) is 0 Å². The van der Waals surface area contributed by atoms with Crippen molar-refractivity contribution >= 4 is 0 Å². The normalized spacial score (nSPS) is 13.7. The number of alkyl halides is 3. The molecule has 0 amide bonds. The molecule has 0 aliphatic heterocycles. The predicted octanol–water partition coefficient (Wildman–Crippen LogP) is 1.72. The highest BCUT2D eigenvalue weighted by atomic mass is 19.4. The number of ether oxygens (including phenoxy) is 2. The fourth-order valence-corrected chi connectivity index (χ4v) is 1.24. The summed E-state index contributed by atoms with van der Waals surface area (Å²) in [5.74, 6) is 0. The molecular weight excluding hydrogens is 263 g/mol. The molecule has 0 aliphatic rings. The van der Waals surface area contributed by atoms with Crippen LogP contribution in [0.1, 0.15) is 26.2 Å². The Morgan fingerprint density at radius 1 is 1.16 bits per heavy atom. The quantitative estimate of drug-likeness (QED) is 0.537. The van der Waals surface area contributed by atoms with E-state index in [1.54, 1.807) is 0 Å². The maximum atomic E-state index is 11.8. The summed E-state index contributed by atoms with van der Waals surface area (Å²) in [5.41, 5.74) is 0. The fraction of sp³-hybridized carbons (Fsp3) is 1.00. The van der Waals surface area contributed by atoms with Gasteiger partial charge in [-0.25, -0.2) is 0 Å². The van der Waals surface area contributed by atoms with Gasteiger partial charge in [0.25, 0.3) is 0 Å². The van der Waals surface area contributed by atoms with Crippen LogP contribution in [-0.2, 0) is 9.47 Å². The number of aliphatic hydroxyl groups excluding tert-OH is 1. The highest BCUT2D eigenvalue weighted by Crippen LogP contribution is 2.17. The van der Waals surface area contributed by atoms with Crippen molar-refractivity contribution in [2.45, 2.75) is 38.5 Å². The number of halogens is 3. The molecule has 7 heteroatoms. The maximum absolute atomic E-state index is 11.8. The number of hydrogen-bond donors (Lipinski definition) is 2. The SMILES string of the molecule is CCCCOCCOCC(O)CNCCC(F)(F)F. The zero-order chi connectivity index (χ0) is 14.6. The van der Waals surface area contributed by atoms with Gasteiger partial charge in [0.05, 0.1) is 32.3 Å². The summed E-state index contributed by atoms with van der Waals surface area (Å²) in [4.78, 5) is 0. The Balaban J connectivity index is 3.23. The average molecular weight is 287 g/mol. The van der Waals surface area contributed by atoms with Gasteiger partial charge in [0.1, 0.15) is 0 Å². The summed E-state index contributed by atoms with van der Waals surface area (Å²) >= 11 is 0. The van der Waals surface area contributed by atoms with E-state index < -0.39 is 18.7 Å². The van der Waals surface area contributed by atoms with Crippen LogP contribution in [0.5, 0.6) is 0 Å². The first-order chi connectivity index (χ1) is 8.95. The Bertz CT molecular complexity index is 203. The van der Waals surface area contributed by atoms with Gasteiger partial charge in [-0.15, -0.1) is 0 Å². The lowest BCUT2D eigenvalue weighted by atomic mass is 10.3. The molecule has 116 valence electrons. The molecular formula is C12H24F3NO3. The standard InChI is InChI=1S/C12H24F3NO3/c1-2-3-6-18-7-8-19-10-11(17)9-16-5-4-12(13,14)15/h11,16-17H,2-10H2,1H3. The molecule has 0 fully saturated rings. The molecule has 0 heterocycles. The number of nitrogens with one attached hydrogen (secondary N) is 1. The van der Waals surface area contributed by atoms with Gasteiger partial charge in [-0.1, -0.05) is 13.3 Å². The van der Waals surface area contributed by atoms with E-state index in [-0.39, 0.29) is 19.7 Å². The molecule has 0 saturated heterocycles. The molecule has 0 aromatic rings. The number of hydrogen-bond acceptors (Lipinski definition) is 4.